The molecule has 64 valence electrons. The van der Waals surface area contributed by atoms with Gasteiger partial charge in [-0.2, -0.15) is 0 Å². The van der Waals surface area contributed by atoms with Crippen molar-refractivity contribution in [2.24, 2.45) is 0 Å². The molecular weight excluding hydrogens is 239 g/mol. The third kappa shape index (κ3) is 1050. The zero-order chi connectivity index (χ0) is 7.15. The van der Waals surface area contributed by atoms with Gasteiger partial charge in [0.1, 0.15) is 0 Å². The van der Waals surface area contributed by atoms with Gasteiger partial charge in [0, 0.05) is 0 Å². The fourth-order valence-electron chi connectivity index (χ4n) is 0. The summed E-state index contributed by atoms with van der Waals surface area (Å²) in [7, 11) is 0. The molecular formula is CNNi2O6+. The van der Waals surface area contributed by atoms with Crippen LogP contribution in [0.25, 0.3) is 0 Å². The summed E-state index contributed by atoms with van der Waals surface area (Å²) in [6.45, 7) is 0. The first kappa shape index (κ1) is 22.7. The SMILES string of the molecule is O=C([O-])[O-].O=[N+]([O-])[O-].[Ni+2].[Ni+2]. The van der Waals surface area contributed by atoms with Gasteiger partial charge < -0.3 is 30.3 Å². The van der Waals surface area contributed by atoms with Crippen LogP contribution in [0, 0.1) is 15.3 Å². The van der Waals surface area contributed by atoms with Crippen molar-refractivity contribution in [2.75, 3.05) is 0 Å². The first-order chi connectivity index (χ1) is 3.46. The van der Waals surface area contributed by atoms with Crippen LogP contribution in [-0.2, 0) is 33.0 Å². The molecule has 0 fully saturated rings. The number of carbonyl (C=O) groups excluding carboxylic acids is 1. The van der Waals surface area contributed by atoms with Crippen LogP contribution in [0.5, 0.6) is 0 Å². The second-order valence-corrected chi connectivity index (χ2v) is 0.474. The molecule has 0 aromatic heterocycles. The Kier molecular flexibility index (Phi) is 35.9. The maximum absolute atomic E-state index is 8.33. The summed E-state index contributed by atoms with van der Waals surface area (Å²) in [6, 6.07) is 0. The molecule has 10 heavy (non-hydrogen) atoms. The summed E-state index contributed by atoms with van der Waals surface area (Å²) in [5.41, 5.74) is 0. The first-order valence-corrected chi connectivity index (χ1v) is 1.16. The summed E-state index contributed by atoms with van der Waals surface area (Å²) >= 11 is 0. The molecule has 0 aromatic rings. The number of carboxylic acid groups (broad SMARTS) is 2. The first-order valence-electron chi connectivity index (χ1n) is 1.16. The predicted molar refractivity (Wildman–Crippen MR) is 15.8 cm³/mol. The van der Waals surface area contributed by atoms with E-state index < -0.39 is 11.2 Å². The molecule has 9 heteroatoms. The number of hydrogen-bond donors (Lipinski definition) is 0. The van der Waals surface area contributed by atoms with Gasteiger partial charge in [0.05, 0.1) is 5.09 Å². The molecule has 0 aliphatic rings. The number of hydrogen-bond acceptors (Lipinski definition) is 6. The molecule has 0 saturated heterocycles. The van der Waals surface area contributed by atoms with Crippen molar-refractivity contribution < 1.29 is 53.1 Å². The Hall–Kier alpha value is -0.543. The quantitative estimate of drug-likeness (QED) is 0.257. The van der Waals surface area contributed by atoms with Gasteiger partial charge in [-0.05, 0) is 6.16 Å². The van der Waals surface area contributed by atoms with E-state index in [4.69, 9.17) is 30.3 Å². The van der Waals surface area contributed by atoms with Crippen LogP contribution in [0.3, 0.4) is 0 Å². The van der Waals surface area contributed by atoms with Crippen LogP contribution in [0.1, 0.15) is 0 Å². The Morgan fingerprint density at radius 2 is 1.10 bits per heavy atom. The van der Waals surface area contributed by atoms with Crippen molar-refractivity contribution in [3.8, 4) is 0 Å². The minimum Gasteiger partial charge on any atom is -0.652 e. The van der Waals surface area contributed by atoms with Gasteiger partial charge in [0.15, 0.2) is 0 Å². The zero-order valence-corrected chi connectivity index (χ0v) is 6.00. The molecule has 0 atom stereocenters. The van der Waals surface area contributed by atoms with Crippen molar-refractivity contribution in [2.45, 2.75) is 0 Å². The second-order valence-electron chi connectivity index (χ2n) is 0.474. The summed E-state index contributed by atoms with van der Waals surface area (Å²) in [4.78, 5) is 16.6. The van der Waals surface area contributed by atoms with Gasteiger partial charge in [-0.1, -0.05) is 0 Å². The van der Waals surface area contributed by atoms with Crippen LogP contribution in [-0.4, -0.2) is 11.2 Å². The normalized spacial score (nSPS) is 4.80. The Morgan fingerprint density at radius 1 is 1.10 bits per heavy atom. The fraction of sp³-hybridized carbons (Fsp3) is 0. The molecule has 0 bridgehead atoms. The Balaban J connectivity index is -0.0000000300. The average Bonchev–Trinajstić information content (AvgIpc) is 1.25. The average molecular weight is 239 g/mol. The topological polar surface area (TPSA) is 129 Å². The molecule has 0 aliphatic heterocycles. The van der Waals surface area contributed by atoms with E-state index in [2.05, 4.69) is 0 Å². The minimum absolute atomic E-state index is 0. The summed E-state index contributed by atoms with van der Waals surface area (Å²) in [5.74, 6) is 0. The Morgan fingerprint density at radius 3 is 1.10 bits per heavy atom. The molecule has 0 aliphatic carbocycles. The monoisotopic (exact) mass is 238 g/mol. The van der Waals surface area contributed by atoms with E-state index in [0.717, 1.165) is 0 Å². The third-order valence-electron chi connectivity index (χ3n) is 0. The molecule has 0 radical (unpaired) electrons. The van der Waals surface area contributed by atoms with E-state index in [1.807, 2.05) is 0 Å². The summed E-state index contributed by atoms with van der Waals surface area (Å²) in [6.07, 6.45) is -2.33. The molecule has 0 N–H and O–H groups in total. The Bertz CT molecular complexity index is 73.7. The molecule has 0 aromatic carbocycles. The molecule has 0 unspecified atom stereocenters. The molecule has 0 rings (SSSR count). The maximum Gasteiger partial charge on any atom is 2.00 e. The van der Waals surface area contributed by atoms with Gasteiger partial charge in [0.2, 0.25) is 0 Å². The standard InChI is InChI=1S/CH2O3.NO3.2Ni/c2*2-1(3)4;;/h(H2,2,3,4);;;/q;-1;2*+2/p-2. The van der Waals surface area contributed by atoms with E-state index in [1.165, 1.54) is 0 Å². The van der Waals surface area contributed by atoms with Gasteiger partial charge in [0.25, 0.3) is 0 Å². The molecule has 0 saturated carbocycles. The van der Waals surface area contributed by atoms with E-state index in [9.17, 15) is 0 Å². The van der Waals surface area contributed by atoms with Gasteiger partial charge in [-0.15, -0.1) is 0 Å². The number of carbonyl (C=O) groups is 1. The smallest absolute Gasteiger partial charge is 0.652 e. The Labute approximate surface area is 75.0 Å². The number of nitrogens with zero attached hydrogens (tertiary/aromatic N) is 1. The van der Waals surface area contributed by atoms with Crippen molar-refractivity contribution in [1.82, 2.24) is 0 Å². The van der Waals surface area contributed by atoms with Gasteiger partial charge in [-0.25, -0.2) is 0 Å². The van der Waals surface area contributed by atoms with E-state index in [-0.39, 0.29) is 33.0 Å². The van der Waals surface area contributed by atoms with Crippen molar-refractivity contribution in [1.29, 1.82) is 0 Å². The van der Waals surface area contributed by atoms with Crippen molar-refractivity contribution in [3.63, 3.8) is 0 Å². The third-order valence-corrected chi connectivity index (χ3v) is 0. The van der Waals surface area contributed by atoms with E-state index >= 15 is 0 Å². The molecule has 7 nitrogen and oxygen atoms in total. The summed E-state index contributed by atoms with van der Waals surface area (Å²) in [5, 5.41) is 31.4. The van der Waals surface area contributed by atoms with Gasteiger partial charge >= 0.3 is 33.0 Å². The van der Waals surface area contributed by atoms with Crippen molar-refractivity contribution in [3.05, 3.63) is 15.3 Å². The van der Waals surface area contributed by atoms with Crippen LogP contribution >= 0.6 is 0 Å². The second kappa shape index (κ2) is 15.8. The minimum atomic E-state index is -2.33. The van der Waals surface area contributed by atoms with E-state index in [0.29, 0.717) is 0 Å². The maximum atomic E-state index is 8.33. The van der Waals surface area contributed by atoms with Crippen LogP contribution in [0.2, 0.25) is 0 Å². The molecule has 0 spiro atoms. The fourth-order valence-corrected chi connectivity index (χ4v) is 0. The molecule has 0 amide bonds. The van der Waals surface area contributed by atoms with E-state index in [1.54, 1.807) is 0 Å². The molecule has 0 heterocycles. The zero-order valence-electron chi connectivity index (χ0n) is 4.03. The van der Waals surface area contributed by atoms with Crippen LogP contribution < -0.4 is 10.2 Å². The predicted octanol–water partition coefficient (Wildman–Crippen LogP) is -2.69. The van der Waals surface area contributed by atoms with Crippen molar-refractivity contribution >= 4 is 6.16 Å². The van der Waals surface area contributed by atoms with Crippen LogP contribution in [0.4, 0.5) is 4.79 Å². The number of rotatable bonds is 0. The van der Waals surface area contributed by atoms with Gasteiger partial charge in [-0.3, -0.25) is 0 Å². The summed E-state index contributed by atoms with van der Waals surface area (Å²) < 4.78 is 0. The van der Waals surface area contributed by atoms with Crippen LogP contribution in [0.15, 0.2) is 0 Å². The largest absolute Gasteiger partial charge is 2.00 e.